The van der Waals surface area contributed by atoms with Crippen LogP contribution in [0.15, 0.2) is 0 Å². The molecule has 6 heteroatoms. The molecule has 1 unspecified atom stereocenters. The number of aliphatic carboxylic acids is 1. The summed E-state index contributed by atoms with van der Waals surface area (Å²) in [5, 5.41) is 9.11. The minimum absolute atomic E-state index is 0.0572. The average Bonchev–Trinajstić information content (AvgIpc) is 2.74. The standard InChI is InChI=1S/C11H18N2O4/c1-11(9(14)15)2-3-13(8-11)10(16)12-4-6-17-7-5-12/h2-8H2,1H3,(H,14,15). The number of hydrogen-bond donors (Lipinski definition) is 1. The van der Waals surface area contributed by atoms with Crippen LogP contribution in [0, 0.1) is 5.41 Å². The van der Waals surface area contributed by atoms with Crippen LogP contribution in [0.1, 0.15) is 13.3 Å². The summed E-state index contributed by atoms with van der Waals surface area (Å²) in [5.41, 5.74) is -0.790. The number of nitrogens with zero attached hydrogens (tertiary/aromatic N) is 2. The smallest absolute Gasteiger partial charge is 0.320 e. The van der Waals surface area contributed by atoms with Crippen molar-refractivity contribution >= 4 is 12.0 Å². The molecule has 6 nitrogen and oxygen atoms in total. The van der Waals surface area contributed by atoms with Crippen LogP contribution in [0.2, 0.25) is 0 Å². The van der Waals surface area contributed by atoms with Crippen LogP contribution in [0.25, 0.3) is 0 Å². The molecule has 96 valence electrons. The van der Waals surface area contributed by atoms with Gasteiger partial charge in [-0.05, 0) is 13.3 Å². The van der Waals surface area contributed by atoms with Crippen LogP contribution in [0.4, 0.5) is 4.79 Å². The Morgan fingerprint density at radius 1 is 1.18 bits per heavy atom. The monoisotopic (exact) mass is 242 g/mol. The van der Waals surface area contributed by atoms with Gasteiger partial charge in [-0.25, -0.2) is 4.79 Å². The van der Waals surface area contributed by atoms with Crippen LogP contribution >= 0.6 is 0 Å². The number of hydrogen-bond acceptors (Lipinski definition) is 3. The van der Waals surface area contributed by atoms with Gasteiger partial charge in [0.05, 0.1) is 18.6 Å². The maximum absolute atomic E-state index is 12.1. The summed E-state index contributed by atoms with van der Waals surface area (Å²) in [5.74, 6) is -0.824. The molecule has 0 bridgehead atoms. The van der Waals surface area contributed by atoms with Crippen LogP contribution in [0.5, 0.6) is 0 Å². The van der Waals surface area contributed by atoms with Gasteiger partial charge in [0.15, 0.2) is 0 Å². The molecule has 2 fully saturated rings. The zero-order chi connectivity index (χ0) is 12.5. The Labute approximate surface area is 100 Å². The molecule has 0 aromatic rings. The highest BCUT2D eigenvalue weighted by Gasteiger charge is 2.43. The fourth-order valence-corrected chi connectivity index (χ4v) is 2.25. The lowest BCUT2D eigenvalue weighted by Crippen LogP contribution is -2.48. The van der Waals surface area contributed by atoms with E-state index in [-0.39, 0.29) is 6.03 Å². The Balaban J connectivity index is 1.95. The van der Waals surface area contributed by atoms with Gasteiger partial charge in [0.25, 0.3) is 0 Å². The average molecular weight is 242 g/mol. The second-order valence-electron chi connectivity index (χ2n) is 4.92. The number of carbonyl (C=O) groups is 2. The van der Waals surface area contributed by atoms with E-state index in [1.54, 1.807) is 16.7 Å². The van der Waals surface area contributed by atoms with Gasteiger partial charge >= 0.3 is 12.0 Å². The Kier molecular flexibility index (Phi) is 3.24. The first-order valence-electron chi connectivity index (χ1n) is 5.88. The first kappa shape index (κ1) is 12.2. The predicted octanol–water partition coefficient (Wildman–Crippen LogP) is 0.235. The first-order chi connectivity index (χ1) is 8.03. The summed E-state index contributed by atoms with van der Waals surface area (Å²) < 4.78 is 5.19. The highest BCUT2D eigenvalue weighted by Crippen LogP contribution is 2.30. The van der Waals surface area contributed by atoms with Crippen LogP contribution in [0.3, 0.4) is 0 Å². The highest BCUT2D eigenvalue weighted by atomic mass is 16.5. The van der Waals surface area contributed by atoms with Crippen molar-refractivity contribution in [1.82, 2.24) is 9.80 Å². The summed E-state index contributed by atoms with van der Waals surface area (Å²) >= 11 is 0. The van der Waals surface area contributed by atoms with Crippen LogP contribution < -0.4 is 0 Å². The molecule has 17 heavy (non-hydrogen) atoms. The highest BCUT2D eigenvalue weighted by molar-refractivity contribution is 5.79. The van der Waals surface area contributed by atoms with Gasteiger partial charge in [0.2, 0.25) is 0 Å². The number of likely N-dealkylation sites (tertiary alicyclic amines) is 1. The van der Waals surface area contributed by atoms with E-state index in [4.69, 9.17) is 9.84 Å². The number of carbonyl (C=O) groups excluding carboxylic acids is 1. The summed E-state index contributed by atoms with van der Waals surface area (Å²) in [6, 6.07) is -0.0572. The molecule has 2 heterocycles. The lowest BCUT2D eigenvalue weighted by molar-refractivity contribution is -0.147. The normalized spacial score (nSPS) is 29.5. The molecular weight excluding hydrogens is 224 g/mol. The number of carboxylic acids is 1. The Hall–Kier alpha value is -1.30. The van der Waals surface area contributed by atoms with E-state index in [2.05, 4.69) is 0 Å². The number of urea groups is 1. The zero-order valence-electron chi connectivity index (χ0n) is 10.0. The molecular formula is C11H18N2O4. The lowest BCUT2D eigenvalue weighted by atomic mass is 9.90. The van der Waals surface area contributed by atoms with Crippen molar-refractivity contribution < 1.29 is 19.4 Å². The van der Waals surface area contributed by atoms with E-state index < -0.39 is 11.4 Å². The minimum Gasteiger partial charge on any atom is -0.481 e. The second-order valence-corrected chi connectivity index (χ2v) is 4.92. The van der Waals surface area contributed by atoms with Crippen molar-refractivity contribution in [3.63, 3.8) is 0 Å². The molecule has 0 aromatic heterocycles. The van der Waals surface area contributed by atoms with E-state index in [9.17, 15) is 9.59 Å². The summed E-state index contributed by atoms with van der Waals surface area (Å²) in [6.07, 6.45) is 0.526. The topological polar surface area (TPSA) is 70.1 Å². The molecule has 2 aliphatic heterocycles. The van der Waals surface area contributed by atoms with E-state index in [1.165, 1.54) is 0 Å². The molecule has 0 saturated carbocycles. The third-order valence-corrected chi connectivity index (χ3v) is 3.54. The number of rotatable bonds is 1. The summed E-state index contributed by atoms with van der Waals surface area (Å²) in [7, 11) is 0. The van der Waals surface area contributed by atoms with Gasteiger partial charge in [0.1, 0.15) is 0 Å². The Bertz CT molecular complexity index is 327. The molecule has 2 amide bonds. The third kappa shape index (κ3) is 2.36. The SMILES string of the molecule is CC1(C(=O)O)CCN(C(=O)N2CCOCC2)C1. The number of carboxylic acid groups (broad SMARTS) is 1. The molecule has 1 N–H and O–H groups in total. The van der Waals surface area contributed by atoms with E-state index in [1.807, 2.05) is 0 Å². The Morgan fingerprint density at radius 3 is 2.35 bits per heavy atom. The van der Waals surface area contributed by atoms with Gasteiger partial charge in [-0.1, -0.05) is 0 Å². The van der Waals surface area contributed by atoms with Gasteiger partial charge in [-0.15, -0.1) is 0 Å². The molecule has 1 atom stereocenters. The van der Waals surface area contributed by atoms with Crippen LogP contribution in [-0.2, 0) is 9.53 Å². The minimum atomic E-state index is -0.824. The van der Waals surface area contributed by atoms with Crippen molar-refractivity contribution in [3.8, 4) is 0 Å². The fraction of sp³-hybridized carbons (Fsp3) is 0.818. The number of amides is 2. The van der Waals surface area contributed by atoms with Crippen molar-refractivity contribution in [2.75, 3.05) is 39.4 Å². The van der Waals surface area contributed by atoms with Gasteiger partial charge in [-0.3, -0.25) is 4.79 Å². The Morgan fingerprint density at radius 2 is 1.82 bits per heavy atom. The number of ether oxygens (including phenoxy) is 1. The van der Waals surface area contributed by atoms with Crippen molar-refractivity contribution in [2.24, 2.45) is 5.41 Å². The molecule has 2 aliphatic rings. The molecule has 0 spiro atoms. The van der Waals surface area contributed by atoms with E-state index >= 15 is 0 Å². The molecule has 2 rings (SSSR count). The van der Waals surface area contributed by atoms with Crippen LogP contribution in [-0.4, -0.2) is 66.3 Å². The summed E-state index contributed by atoms with van der Waals surface area (Å²) in [4.78, 5) is 26.6. The van der Waals surface area contributed by atoms with E-state index in [0.29, 0.717) is 45.8 Å². The second kappa shape index (κ2) is 4.52. The fourth-order valence-electron chi connectivity index (χ4n) is 2.25. The maximum Gasteiger partial charge on any atom is 0.320 e. The molecule has 2 saturated heterocycles. The van der Waals surface area contributed by atoms with Crippen molar-refractivity contribution in [3.05, 3.63) is 0 Å². The van der Waals surface area contributed by atoms with E-state index in [0.717, 1.165) is 0 Å². The van der Waals surface area contributed by atoms with Gasteiger partial charge < -0.3 is 19.6 Å². The molecule has 0 aromatic carbocycles. The first-order valence-corrected chi connectivity index (χ1v) is 5.88. The molecule has 0 aliphatic carbocycles. The third-order valence-electron chi connectivity index (χ3n) is 3.54. The quantitative estimate of drug-likeness (QED) is 0.715. The summed E-state index contributed by atoms with van der Waals surface area (Å²) in [6.45, 7) is 4.85. The maximum atomic E-state index is 12.1. The number of morpholine rings is 1. The van der Waals surface area contributed by atoms with Crippen molar-refractivity contribution in [2.45, 2.75) is 13.3 Å². The predicted molar refractivity (Wildman–Crippen MR) is 59.7 cm³/mol. The molecule has 0 radical (unpaired) electrons. The lowest BCUT2D eigenvalue weighted by Gasteiger charge is -2.31. The van der Waals surface area contributed by atoms with Gasteiger partial charge in [0, 0.05) is 26.2 Å². The zero-order valence-corrected chi connectivity index (χ0v) is 10.0. The van der Waals surface area contributed by atoms with Crippen molar-refractivity contribution in [1.29, 1.82) is 0 Å². The van der Waals surface area contributed by atoms with Gasteiger partial charge in [-0.2, -0.15) is 0 Å². The largest absolute Gasteiger partial charge is 0.481 e.